The van der Waals surface area contributed by atoms with Crippen LogP contribution in [-0.4, -0.2) is 28.7 Å². The minimum atomic E-state index is -0.276. The predicted molar refractivity (Wildman–Crippen MR) is 84.5 cm³/mol. The molecule has 0 radical (unpaired) electrons. The largest absolute Gasteiger partial charge is 0.466 e. The summed E-state index contributed by atoms with van der Waals surface area (Å²) in [6.07, 6.45) is 5.94. The van der Waals surface area contributed by atoms with Gasteiger partial charge in [-0.15, -0.1) is 23.5 Å². The van der Waals surface area contributed by atoms with Crippen LogP contribution in [-0.2, 0) is 9.53 Å². The van der Waals surface area contributed by atoms with Crippen molar-refractivity contribution in [1.29, 1.82) is 0 Å². The molecule has 1 heterocycles. The Balaban J connectivity index is 2.37. The molecule has 1 aliphatic heterocycles. The van der Waals surface area contributed by atoms with Crippen LogP contribution in [0.5, 0.6) is 0 Å². The van der Waals surface area contributed by atoms with Gasteiger partial charge in [0.15, 0.2) is 0 Å². The molecule has 2 rings (SSSR count). The monoisotopic (exact) mass is 298 g/mol. The Morgan fingerprint density at radius 1 is 1.26 bits per heavy atom. The number of allylic oxidation sites excluding steroid dienone is 2. The van der Waals surface area contributed by atoms with Gasteiger partial charge in [-0.25, -0.2) is 4.79 Å². The van der Waals surface area contributed by atoms with Crippen molar-refractivity contribution in [3.05, 3.63) is 23.3 Å². The molecule has 0 bridgehead atoms. The molecule has 4 heteroatoms. The summed E-state index contributed by atoms with van der Waals surface area (Å²) in [5.74, 6) is 2.19. The zero-order chi connectivity index (χ0) is 14.1. The van der Waals surface area contributed by atoms with Gasteiger partial charge in [-0.3, -0.25) is 0 Å². The van der Waals surface area contributed by atoms with E-state index in [2.05, 4.69) is 44.3 Å². The molecule has 2 aliphatic rings. The molecule has 0 aromatic heterocycles. The van der Waals surface area contributed by atoms with Crippen LogP contribution < -0.4 is 0 Å². The molecular formula is C15H22O2S2. The van der Waals surface area contributed by atoms with Gasteiger partial charge in [0.1, 0.15) is 0 Å². The van der Waals surface area contributed by atoms with Crippen molar-refractivity contribution < 1.29 is 9.53 Å². The van der Waals surface area contributed by atoms with Crippen LogP contribution in [0.15, 0.2) is 23.3 Å². The summed E-state index contributed by atoms with van der Waals surface area (Å²) in [6.45, 7) is 6.78. The van der Waals surface area contributed by atoms with E-state index in [-0.39, 0.29) is 15.5 Å². The number of carbonyl (C=O) groups is 1. The molecule has 19 heavy (non-hydrogen) atoms. The number of rotatable bonds is 2. The van der Waals surface area contributed by atoms with Crippen LogP contribution in [0.3, 0.4) is 0 Å². The van der Waals surface area contributed by atoms with Gasteiger partial charge in [0.25, 0.3) is 0 Å². The highest BCUT2D eigenvalue weighted by molar-refractivity contribution is 8.21. The summed E-state index contributed by atoms with van der Waals surface area (Å²) in [4.78, 5) is 11.3. The Bertz CT molecular complexity index is 429. The van der Waals surface area contributed by atoms with Gasteiger partial charge in [0.2, 0.25) is 0 Å². The van der Waals surface area contributed by atoms with Gasteiger partial charge in [0, 0.05) is 17.6 Å². The van der Waals surface area contributed by atoms with Crippen LogP contribution in [0.25, 0.3) is 0 Å². The lowest BCUT2D eigenvalue weighted by atomic mass is 9.72. The maximum Gasteiger partial charge on any atom is 0.330 e. The fraction of sp³-hybridized carbons (Fsp3) is 0.667. The van der Waals surface area contributed by atoms with Gasteiger partial charge in [0.05, 0.1) is 11.2 Å². The third-order valence-electron chi connectivity index (χ3n) is 4.12. The molecule has 2 nitrogen and oxygen atoms in total. The van der Waals surface area contributed by atoms with E-state index in [0.29, 0.717) is 0 Å². The first-order valence-electron chi connectivity index (χ1n) is 6.67. The molecule has 1 fully saturated rings. The van der Waals surface area contributed by atoms with Crippen LogP contribution >= 0.6 is 23.5 Å². The molecule has 0 amide bonds. The summed E-state index contributed by atoms with van der Waals surface area (Å²) < 4.78 is 4.96. The average Bonchev–Trinajstić information content (AvgIpc) is 2.84. The molecule has 0 atom stereocenters. The summed E-state index contributed by atoms with van der Waals surface area (Å²) in [5, 5.41) is 0. The predicted octanol–water partition coefficient (Wildman–Crippen LogP) is 4.03. The summed E-state index contributed by atoms with van der Waals surface area (Å²) in [7, 11) is 1.42. The maximum atomic E-state index is 11.3. The third-order valence-corrected chi connectivity index (χ3v) is 7.86. The van der Waals surface area contributed by atoms with Gasteiger partial charge < -0.3 is 4.74 Å². The molecule has 0 aromatic carbocycles. The van der Waals surface area contributed by atoms with Crippen LogP contribution in [0.4, 0.5) is 0 Å². The van der Waals surface area contributed by atoms with Crippen molar-refractivity contribution in [2.24, 2.45) is 5.41 Å². The number of ether oxygens (including phenoxy) is 1. The van der Waals surface area contributed by atoms with Crippen molar-refractivity contribution in [3.63, 3.8) is 0 Å². The SMILES string of the molecule is COC(=O)/C=C/C1=C(C)C2(CCC1(C)C)SCCS2. The topological polar surface area (TPSA) is 26.3 Å². The Morgan fingerprint density at radius 2 is 1.89 bits per heavy atom. The Kier molecular flexibility index (Phi) is 4.41. The minimum Gasteiger partial charge on any atom is -0.466 e. The highest BCUT2D eigenvalue weighted by Gasteiger charge is 2.44. The first-order valence-corrected chi connectivity index (χ1v) is 8.64. The lowest BCUT2D eigenvalue weighted by Gasteiger charge is -2.42. The van der Waals surface area contributed by atoms with Gasteiger partial charge in [-0.05, 0) is 36.3 Å². The molecule has 0 unspecified atom stereocenters. The normalized spacial score (nSPS) is 25.3. The van der Waals surface area contributed by atoms with E-state index in [1.165, 1.54) is 42.6 Å². The molecule has 1 aliphatic carbocycles. The van der Waals surface area contributed by atoms with Gasteiger partial charge >= 0.3 is 5.97 Å². The van der Waals surface area contributed by atoms with Crippen molar-refractivity contribution in [3.8, 4) is 0 Å². The number of hydrogen-bond acceptors (Lipinski definition) is 4. The summed E-state index contributed by atoms with van der Waals surface area (Å²) in [6, 6.07) is 0. The zero-order valence-corrected chi connectivity index (χ0v) is 13.7. The number of methoxy groups -OCH3 is 1. The number of thioether (sulfide) groups is 2. The Hall–Kier alpha value is -0.350. The quantitative estimate of drug-likeness (QED) is 0.568. The summed E-state index contributed by atoms with van der Waals surface area (Å²) in [5.41, 5.74) is 2.89. The van der Waals surface area contributed by atoms with E-state index < -0.39 is 0 Å². The van der Waals surface area contributed by atoms with Crippen molar-refractivity contribution in [1.82, 2.24) is 0 Å². The van der Waals surface area contributed by atoms with E-state index in [1.807, 2.05) is 6.08 Å². The van der Waals surface area contributed by atoms with Crippen LogP contribution in [0.2, 0.25) is 0 Å². The second-order valence-corrected chi connectivity index (χ2v) is 8.77. The van der Waals surface area contributed by atoms with E-state index in [0.717, 1.165) is 0 Å². The van der Waals surface area contributed by atoms with E-state index in [4.69, 9.17) is 4.74 Å². The van der Waals surface area contributed by atoms with Crippen molar-refractivity contribution in [2.75, 3.05) is 18.6 Å². The minimum absolute atomic E-state index is 0.142. The molecule has 0 saturated carbocycles. The lowest BCUT2D eigenvalue weighted by Crippen LogP contribution is -2.32. The van der Waals surface area contributed by atoms with Crippen LogP contribution in [0.1, 0.15) is 33.6 Å². The molecule has 1 saturated heterocycles. The number of hydrogen-bond donors (Lipinski definition) is 0. The average molecular weight is 298 g/mol. The summed E-state index contributed by atoms with van der Waals surface area (Å²) >= 11 is 4.15. The fourth-order valence-electron chi connectivity index (χ4n) is 2.90. The van der Waals surface area contributed by atoms with Crippen LogP contribution in [0, 0.1) is 5.41 Å². The molecular weight excluding hydrogens is 276 g/mol. The number of esters is 1. The Morgan fingerprint density at radius 3 is 2.47 bits per heavy atom. The first-order chi connectivity index (χ1) is 8.91. The van der Waals surface area contributed by atoms with Gasteiger partial charge in [-0.1, -0.05) is 19.9 Å². The third kappa shape index (κ3) is 2.89. The Labute approximate surface area is 124 Å². The number of carbonyl (C=O) groups excluding carboxylic acids is 1. The molecule has 0 aromatic rings. The standard InChI is InChI=1S/C15H22O2S2/c1-11-12(5-6-13(16)17-4)14(2,3)7-8-15(11)18-9-10-19-15/h5-6H,7-10H2,1-4H3/b6-5+. The van der Waals surface area contributed by atoms with E-state index >= 15 is 0 Å². The zero-order valence-electron chi connectivity index (χ0n) is 12.1. The highest BCUT2D eigenvalue weighted by atomic mass is 32.2. The highest BCUT2D eigenvalue weighted by Crippen LogP contribution is 2.58. The first kappa shape index (κ1) is 15.0. The molecule has 1 spiro atoms. The lowest BCUT2D eigenvalue weighted by molar-refractivity contribution is -0.134. The molecule has 106 valence electrons. The molecule has 0 N–H and O–H groups in total. The van der Waals surface area contributed by atoms with Crippen molar-refractivity contribution >= 4 is 29.5 Å². The second-order valence-electron chi connectivity index (χ2n) is 5.73. The van der Waals surface area contributed by atoms with E-state index in [9.17, 15) is 4.79 Å². The maximum absolute atomic E-state index is 11.3. The second kappa shape index (κ2) is 5.57. The van der Waals surface area contributed by atoms with Gasteiger partial charge in [-0.2, -0.15) is 0 Å². The smallest absolute Gasteiger partial charge is 0.330 e. The van der Waals surface area contributed by atoms with Crippen molar-refractivity contribution in [2.45, 2.75) is 37.7 Å². The fourth-order valence-corrected chi connectivity index (χ4v) is 6.20. The van der Waals surface area contributed by atoms with E-state index in [1.54, 1.807) is 6.08 Å².